The van der Waals surface area contributed by atoms with Gasteiger partial charge in [-0.05, 0) is 62.7 Å². The topological polar surface area (TPSA) is 38.7 Å². The molecule has 4 heteroatoms. The van der Waals surface area contributed by atoms with Crippen molar-refractivity contribution in [3.8, 4) is 45.3 Å². The zero-order chi connectivity index (χ0) is 35.3. The molecule has 0 fully saturated rings. The van der Waals surface area contributed by atoms with E-state index in [0.717, 1.165) is 16.7 Å². The molecule has 0 aliphatic heterocycles. The number of rotatable bonds is 3. The molecule has 11 rings (SSSR count). The number of hydrogen-bond donors (Lipinski definition) is 0. The lowest BCUT2D eigenvalue weighted by atomic mass is 9.55. The Kier molecular flexibility index (Phi) is 6.39. The summed E-state index contributed by atoms with van der Waals surface area (Å²) in [6.07, 6.45) is 0. The summed E-state index contributed by atoms with van der Waals surface area (Å²) in [6.45, 7) is 4.73. The Labute approximate surface area is 312 Å². The van der Waals surface area contributed by atoms with Gasteiger partial charge in [0.25, 0.3) is 0 Å². The number of thiophene rings is 1. The Hall–Kier alpha value is -6.23. The molecule has 2 aliphatic carbocycles. The van der Waals surface area contributed by atoms with E-state index < -0.39 is 5.41 Å². The molecule has 9 aromatic rings. The van der Waals surface area contributed by atoms with Gasteiger partial charge in [-0.2, -0.15) is 0 Å². The Balaban J connectivity index is 1.20. The highest BCUT2D eigenvalue weighted by Gasteiger charge is 2.53. The van der Waals surface area contributed by atoms with E-state index >= 15 is 0 Å². The number of aromatic nitrogens is 3. The van der Waals surface area contributed by atoms with E-state index in [1.54, 1.807) is 11.3 Å². The van der Waals surface area contributed by atoms with Crippen molar-refractivity contribution in [3.63, 3.8) is 0 Å². The molecule has 53 heavy (non-hydrogen) atoms. The Morgan fingerprint density at radius 1 is 0.396 bits per heavy atom. The minimum absolute atomic E-state index is 0.224. The SMILES string of the molecule is CC1(C)c2ccccc2C2(c3ccccc3-c3ccccc32)c2cc(-c3nc(-c4ccccc4)nc(-c4cccc5c4sc4ccccc45)n3)ccc21. The molecule has 1 spiro atoms. The van der Waals surface area contributed by atoms with Gasteiger partial charge in [-0.25, -0.2) is 15.0 Å². The van der Waals surface area contributed by atoms with E-state index in [-0.39, 0.29) is 5.41 Å². The Morgan fingerprint density at radius 2 is 0.943 bits per heavy atom. The molecule has 0 N–H and O–H groups in total. The molecule has 0 radical (unpaired) electrons. The van der Waals surface area contributed by atoms with Gasteiger partial charge in [0.05, 0.1) is 5.41 Å². The van der Waals surface area contributed by atoms with Gasteiger partial charge in [-0.3, -0.25) is 0 Å². The summed E-state index contributed by atoms with van der Waals surface area (Å²) in [7, 11) is 0. The lowest BCUT2D eigenvalue weighted by Crippen LogP contribution is -2.40. The van der Waals surface area contributed by atoms with Gasteiger partial charge in [-0.1, -0.05) is 159 Å². The monoisotopic (exact) mass is 695 g/mol. The van der Waals surface area contributed by atoms with Crippen molar-refractivity contribution < 1.29 is 0 Å². The third-order valence-corrected chi connectivity index (χ3v) is 12.8. The molecule has 0 unspecified atom stereocenters. The van der Waals surface area contributed by atoms with E-state index in [9.17, 15) is 0 Å². The molecule has 3 nitrogen and oxygen atoms in total. The fourth-order valence-corrected chi connectivity index (χ4v) is 10.5. The lowest BCUT2D eigenvalue weighted by Gasteiger charge is -2.46. The van der Waals surface area contributed by atoms with Crippen molar-refractivity contribution >= 4 is 31.5 Å². The minimum atomic E-state index is -0.495. The van der Waals surface area contributed by atoms with E-state index in [0.29, 0.717) is 17.5 Å². The van der Waals surface area contributed by atoms with Crippen LogP contribution >= 0.6 is 11.3 Å². The quantitative estimate of drug-likeness (QED) is 0.185. The van der Waals surface area contributed by atoms with Gasteiger partial charge in [0, 0.05) is 42.3 Å². The van der Waals surface area contributed by atoms with Gasteiger partial charge in [-0.15, -0.1) is 11.3 Å². The second-order valence-electron chi connectivity index (χ2n) is 14.7. The first kappa shape index (κ1) is 30.4. The first-order valence-corrected chi connectivity index (χ1v) is 19.0. The van der Waals surface area contributed by atoms with Crippen LogP contribution in [0, 0.1) is 0 Å². The molecular formula is C49H33N3S. The third-order valence-electron chi connectivity index (χ3n) is 11.6. The van der Waals surface area contributed by atoms with Crippen LogP contribution in [0.1, 0.15) is 47.2 Å². The predicted octanol–water partition coefficient (Wildman–Crippen LogP) is 12.2. The van der Waals surface area contributed by atoms with Crippen LogP contribution in [0.15, 0.2) is 164 Å². The molecule has 0 saturated heterocycles. The molecule has 0 bridgehead atoms. The van der Waals surface area contributed by atoms with Crippen molar-refractivity contribution in [3.05, 3.63) is 197 Å². The smallest absolute Gasteiger partial charge is 0.165 e. The van der Waals surface area contributed by atoms with E-state index in [2.05, 4.69) is 159 Å². The highest BCUT2D eigenvalue weighted by atomic mass is 32.1. The van der Waals surface area contributed by atoms with Crippen LogP contribution in [-0.4, -0.2) is 15.0 Å². The van der Waals surface area contributed by atoms with Crippen molar-refractivity contribution in [1.82, 2.24) is 15.0 Å². The molecule has 0 saturated carbocycles. The van der Waals surface area contributed by atoms with Gasteiger partial charge >= 0.3 is 0 Å². The third kappa shape index (κ3) is 4.18. The van der Waals surface area contributed by atoms with Crippen molar-refractivity contribution in [2.75, 3.05) is 0 Å². The molecular weight excluding hydrogens is 663 g/mol. The summed E-state index contributed by atoms with van der Waals surface area (Å²) in [5.41, 5.74) is 12.8. The second-order valence-corrected chi connectivity index (χ2v) is 15.8. The maximum Gasteiger partial charge on any atom is 0.165 e. The van der Waals surface area contributed by atoms with Crippen LogP contribution in [0.5, 0.6) is 0 Å². The van der Waals surface area contributed by atoms with Crippen LogP contribution in [0.4, 0.5) is 0 Å². The fourth-order valence-electron chi connectivity index (χ4n) is 9.26. The zero-order valence-electron chi connectivity index (χ0n) is 29.3. The van der Waals surface area contributed by atoms with Gasteiger partial charge in [0.2, 0.25) is 0 Å². The molecule has 7 aromatic carbocycles. The minimum Gasteiger partial charge on any atom is -0.208 e. The van der Waals surface area contributed by atoms with E-state index in [1.807, 2.05) is 18.2 Å². The summed E-state index contributed by atoms with van der Waals surface area (Å²) >= 11 is 1.80. The Bertz CT molecular complexity index is 2890. The average Bonchev–Trinajstić information content (AvgIpc) is 3.74. The average molecular weight is 696 g/mol. The van der Waals surface area contributed by atoms with Crippen molar-refractivity contribution in [2.45, 2.75) is 24.7 Å². The fraction of sp³-hybridized carbons (Fsp3) is 0.0816. The van der Waals surface area contributed by atoms with Crippen molar-refractivity contribution in [2.24, 2.45) is 0 Å². The maximum absolute atomic E-state index is 5.34. The summed E-state index contributed by atoms with van der Waals surface area (Å²) in [4.78, 5) is 15.7. The molecule has 250 valence electrons. The molecule has 2 aliphatic rings. The van der Waals surface area contributed by atoms with Gasteiger partial charge in [0.15, 0.2) is 17.5 Å². The summed E-state index contributed by atoms with van der Waals surface area (Å²) in [5, 5.41) is 2.48. The highest BCUT2D eigenvalue weighted by Crippen LogP contribution is 2.62. The number of nitrogens with zero attached hydrogens (tertiary/aromatic N) is 3. The number of hydrogen-bond acceptors (Lipinski definition) is 4. The van der Waals surface area contributed by atoms with Crippen LogP contribution in [0.2, 0.25) is 0 Å². The van der Waals surface area contributed by atoms with Crippen LogP contribution in [0.25, 0.3) is 65.5 Å². The molecule has 0 amide bonds. The number of benzene rings is 7. The standard InChI is InChI=1S/C49H33N3S/c1-48(2)39-24-11-12-25-41(39)49(37-22-9-6-17-32(37)33-18-7-10-23-38(33)49)42-29-31(27-28-40(42)48)46-50-45(30-15-4-3-5-16-30)51-47(52-46)36-21-14-20-35-34-19-8-13-26-43(34)53-44(35)36/h3-29H,1-2H3. The summed E-state index contributed by atoms with van der Waals surface area (Å²) < 4.78 is 2.44. The lowest BCUT2D eigenvalue weighted by molar-refractivity contribution is 0.563. The second kappa shape index (κ2) is 11.1. The first-order chi connectivity index (χ1) is 26.0. The summed E-state index contributed by atoms with van der Waals surface area (Å²) in [5.74, 6) is 2.01. The normalized spacial score (nSPS) is 14.5. The van der Waals surface area contributed by atoms with E-state index in [4.69, 9.17) is 15.0 Å². The van der Waals surface area contributed by atoms with Crippen LogP contribution < -0.4 is 0 Å². The van der Waals surface area contributed by atoms with Gasteiger partial charge in [0.1, 0.15) is 0 Å². The maximum atomic E-state index is 5.34. The molecule has 0 atom stereocenters. The largest absolute Gasteiger partial charge is 0.208 e. The molecule has 2 aromatic heterocycles. The molecule has 2 heterocycles. The highest BCUT2D eigenvalue weighted by molar-refractivity contribution is 7.26. The van der Waals surface area contributed by atoms with Crippen molar-refractivity contribution in [1.29, 1.82) is 0 Å². The number of fused-ring (bicyclic) bond motifs is 12. The van der Waals surface area contributed by atoms with Crippen LogP contribution in [-0.2, 0) is 10.8 Å². The zero-order valence-corrected chi connectivity index (χ0v) is 30.2. The first-order valence-electron chi connectivity index (χ1n) is 18.2. The van der Waals surface area contributed by atoms with E-state index in [1.165, 1.54) is 64.7 Å². The summed E-state index contributed by atoms with van der Waals surface area (Å²) in [6, 6.07) is 59.4. The van der Waals surface area contributed by atoms with Crippen LogP contribution in [0.3, 0.4) is 0 Å². The predicted molar refractivity (Wildman–Crippen MR) is 218 cm³/mol. The van der Waals surface area contributed by atoms with Gasteiger partial charge < -0.3 is 0 Å². The Morgan fingerprint density at radius 3 is 1.70 bits per heavy atom.